The highest BCUT2D eigenvalue weighted by molar-refractivity contribution is 6.39. The van der Waals surface area contributed by atoms with E-state index in [1.807, 2.05) is 50.2 Å². The van der Waals surface area contributed by atoms with Crippen molar-refractivity contribution in [2.24, 2.45) is 0 Å². The minimum Gasteiger partial charge on any atom is -0.480 e. The molecule has 2 fully saturated rings. The van der Waals surface area contributed by atoms with Gasteiger partial charge in [-0.15, -0.1) is 0 Å². The third-order valence-corrected chi connectivity index (χ3v) is 10.1. The maximum Gasteiger partial charge on any atom is 0.237 e. The largest absolute Gasteiger partial charge is 0.480 e. The zero-order valence-corrected chi connectivity index (χ0v) is 29.9. The van der Waals surface area contributed by atoms with Crippen LogP contribution in [0.25, 0.3) is 33.6 Å². The molecule has 2 aromatic heterocycles. The molecule has 0 aliphatic carbocycles. The van der Waals surface area contributed by atoms with E-state index in [-0.39, 0.29) is 36.0 Å². The Bertz CT molecular complexity index is 1760. The fourth-order valence-corrected chi connectivity index (χ4v) is 6.97. The molecule has 4 aromatic rings. The highest BCUT2D eigenvalue weighted by Crippen LogP contribution is 2.42. The number of nitrogens with zero attached hydrogens (tertiary/aromatic N) is 4. The monoisotopic (exact) mass is 718 g/mol. The fourth-order valence-electron chi connectivity index (χ4n) is 6.32. The van der Waals surface area contributed by atoms with Crippen molar-refractivity contribution in [2.45, 2.75) is 76.8 Å². The van der Waals surface area contributed by atoms with Crippen molar-refractivity contribution in [1.82, 2.24) is 41.2 Å². The molecule has 2 saturated heterocycles. The number of aromatic nitrogens is 4. The van der Waals surface area contributed by atoms with Gasteiger partial charge in [0.05, 0.1) is 48.0 Å². The highest BCUT2D eigenvalue weighted by Gasteiger charge is 2.27. The summed E-state index contributed by atoms with van der Waals surface area (Å²) < 4.78 is 11.2. The molecule has 4 N–H and O–H groups in total. The van der Waals surface area contributed by atoms with Crippen molar-refractivity contribution < 1.29 is 19.1 Å². The van der Waals surface area contributed by atoms with Gasteiger partial charge in [0.1, 0.15) is 11.4 Å². The third-order valence-electron chi connectivity index (χ3n) is 9.30. The van der Waals surface area contributed by atoms with E-state index in [1.54, 1.807) is 26.6 Å². The molecule has 4 atom stereocenters. The molecule has 2 aliphatic heterocycles. The maximum absolute atomic E-state index is 11.6. The molecule has 12 nitrogen and oxygen atoms in total. The molecule has 2 aliphatic rings. The molecule has 0 spiro atoms. The average Bonchev–Trinajstić information content (AvgIpc) is 3.78. The van der Waals surface area contributed by atoms with Gasteiger partial charge in [0.25, 0.3) is 0 Å². The van der Waals surface area contributed by atoms with E-state index in [0.29, 0.717) is 92.8 Å². The van der Waals surface area contributed by atoms with Gasteiger partial charge in [0.2, 0.25) is 23.6 Å². The summed E-state index contributed by atoms with van der Waals surface area (Å²) in [6.07, 6.45) is 6.03. The van der Waals surface area contributed by atoms with E-state index in [4.69, 9.17) is 42.6 Å². The van der Waals surface area contributed by atoms with Crippen molar-refractivity contribution in [1.29, 1.82) is 0 Å². The van der Waals surface area contributed by atoms with Crippen molar-refractivity contribution in [3.63, 3.8) is 0 Å². The predicted molar refractivity (Wildman–Crippen MR) is 192 cm³/mol. The zero-order chi connectivity index (χ0) is 35.4. The van der Waals surface area contributed by atoms with E-state index in [2.05, 4.69) is 31.2 Å². The van der Waals surface area contributed by atoms with Crippen LogP contribution in [0.5, 0.6) is 11.8 Å². The van der Waals surface area contributed by atoms with E-state index in [1.165, 1.54) is 0 Å². The SMILES string of the molecule is COc1nc(-c2cccc(-c3cccc(-c4cnc(CN[C@@H](C)[C@H]5CCC(=O)N5)c(OC)n4)c3Cl)c2Cl)cnc1CN[C@@H](C)[C@H]1CCC(=O)N1. The van der Waals surface area contributed by atoms with Crippen LogP contribution in [0.15, 0.2) is 48.8 Å². The van der Waals surface area contributed by atoms with Gasteiger partial charge in [-0.1, -0.05) is 59.6 Å². The number of ether oxygens (including phenoxy) is 2. The molecule has 14 heteroatoms. The highest BCUT2D eigenvalue weighted by atomic mass is 35.5. The standard InChI is InChI=1S/C36H40Cl2N8O4/c1-19(25-11-13-31(47)43-25)39-17-29-35(49-3)45-27(15-41-29)23-9-5-7-21(33(23)37)22-8-6-10-24(34(22)38)28-16-42-30(36(46-28)50-4)18-40-20(2)26-12-14-32(48)44-26/h5-10,15-16,19-20,25-26,39-40H,11-14,17-18H2,1-4H3,(H,43,47)(H,44,48)/t19-,20-,25+,26+/m0/s1. The quantitative estimate of drug-likeness (QED) is 0.147. The normalized spacial score (nSPS) is 18.4. The Morgan fingerprint density at radius 1 is 0.720 bits per heavy atom. The Kier molecular flexibility index (Phi) is 11.1. The van der Waals surface area contributed by atoms with Crippen LogP contribution >= 0.6 is 23.2 Å². The Labute approximate surface area is 301 Å². The molecule has 0 radical (unpaired) electrons. The van der Waals surface area contributed by atoms with Crippen molar-refractivity contribution >= 4 is 35.0 Å². The number of nitrogens with one attached hydrogen (secondary N) is 4. The van der Waals surface area contributed by atoms with Gasteiger partial charge in [-0.3, -0.25) is 19.6 Å². The zero-order valence-electron chi connectivity index (χ0n) is 28.3. The van der Waals surface area contributed by atoms with Crippen LogP contribution in [0.2, 0.25) is 10.0 Å². The molecular formula is C36H40Cl2N8O4. The minimum atomic E-state index is 0.0585. The van der Waals surface area contributed by atoms with Crippen molar-refractivity contribution in [2.75, 3.05) is 14.2 Å². The van der Waals surface area contributed by atoms with E-state index in [9.17, 15) is 9.59 Å². The van der Waals surface area contributed by atoms with Crippen LogP contribution in [0, 0.1) is 0 Å². The summed E-state index contributed by atoms with van der Waals surface area (Å²) in [6.45, 7) is 4.91. The first-order valence-corrected chi connectivity index (χ1v) is 17.4. The van der Waals surface area contributed by atoms with Gasteiger partial charge in [0.15, 0.2) is 0 Å². The van der Waals surface area contributed by atoms with Gasteiger partial charge in [-0.25, -0.2) is 9.97 Å². The van der Waals surface area contributed by atoms with Crippen LogP contribution in [-0.4, -0.2) is 70.1 Å². The summed E-state index contributed by atoms with van der Waals surface area (Å²) in [5, 5.41) is 13.8. The lowest BCUT2D eigenvalue weighted by molar-refractivity contribution is -0.120. The number of carbonyl (C=O) groups is 2. The maximum atomic E-state index is 11.6. The molecule has 0 saturated carbocycles. The molecule has 6 rings (SSSR count). The second kappa shape index (κ2) is 15.7. The Hall–Kier alpha value is -4.36. The van der Waals surface area contributed by atoms with Crippen LogP contribution < -0.4 is 30.7 Å². The van der Waals surface area contributed by atoms with Crippen molar-refractivity contribution in [3.8, 4) is 45.4 Å². The lowest BCUT2D eigenvalue weighted by Crippen LogP contribution is -2.43. The lowest BCUT2D eigenvalue weighted by atomic mass is 9.98. The third kappa shape index (κ3) is 7.68. The van der Waals surface area contributed by atoms with Crippen LogP contribution in [0.4, 0.5) is 0 Å². The van der Waals surface area contributed by atoms with Gasteiger partial charge >= 0.3 is 0 Å². The summed E-state index contributed by atoms with van der Waals surface area (Å²) >= 11 is 14.1. The number of rotatable bonds is 13. The molecule has 4 heterocycles. The summed E-state index contributed by atoms with van der Waals surface area (Å²) in [5.41, 5.74) is 5.14. The summed E-state index contributed by atoms with van der Waals surface area (Å²) in [7, 11) is 3.11. The van der Waals surface area contributed by atoms with Gasteiger partial charge < -0.3 is 30.7 Å². The Morgan fingerprint density at radius 3 is 1.48 bits per heavy atom. The summed E-state index contributed by atoms with van der Waals surface area (Å²) in [4.78, 5) is 42.1. The molecule has 262 valence electrons. The number of amides is 2. The van der Waals surface area contributed by atoms with E-state index >= 15 is 0 Å². The fraction of sp³-hybridized carbons (Fsp3) is 0.389. The first-order chi connectivity index (χ1) is 24.2. The number of methoxy groups -OCH3 is 2. The average molecular weight is 720 g/mol. The van der Waals surface area contributed by atoms with Gasteiger partial charge in [0, 0.05) is 72.4 Å². The molecule has 0 bridgehead atoms. The van der Waals surface area contributed by atoms with Crippen LogP contribution in [0.3, 0.4) is 0 Å². The second-order valence-electron chi connectivity index (χ2n) is 12.5. The number of benzene rings is 2. The number of hydrogen-bond acceptors (Lipinski definition) is 10. The Morgan fingerprint density at radius 2 is 1.12 bits per heavy atom. The molecular weight excluding hydrogens is 679 g/mol. The molecule has 2 amide bonds. The topological polar surface area (TPSA) is 152 Å². The molecule has 0 unspecified atom stereocenters. The minimum absolute atomic E-state index is 0.0585. The smallest absolute Gasteiger partial charge is 0.237 e. The number of carbonyl (C=O) groups excluding carboxylic acids is 2. The number of halogens is 2. The molecule has 2 aromatic carbocycles. The van der Waals surface area contributed by atoms with E-state index in [0.717, 1.165) is 12.8 Å². The van der Waals surface area contributed by atoms with Crippen LogP contribution in [0.1, 0.15) is 50.9 Å². The summed E-state index contributed by atoms with van der Waals surface area (Å²) in [6, 6.07) is 11.6. The first-order valence-electron chi connectivity index (χ1n) is 16.6. The van der Waals surface area contributed by atoms with Crippen LogP contribution in [-0.2, 0) is 22.7 Å². The lowest BCUT2D eigenvalue weighted by Gasteiger charge is -2.21. The summed E-state index contributed by atoms with van der Waals surface area (Å²) in [5.74, 6) is 0.913. The first kappa shape index (κ1) is 35.5. The van der Waals surface area contributed by atoms with Gasteiger partial charge in [-0.2, -0.15) is 0 Å². The second-order valence-corrected chi connectivity index (χ2v) is 13.3. The Balaban J connectivity index is 1.21. The van der Waals surface area contributed by atoms with Crippen molar-refractivity contribution in [3.05, 3.63) is 70.2 Å². The molecule has 50 heavy (non-hydrogen) atoms. The van der Waals surface area contributed by atoms with Gasteiger partial charge in [-0.05, 0) is 26.7 Å². The van der Waals surface area contributed by atoms with E-state index < -0.39 is 0 Å². The predicted octanol–water partition coefficient (Wildman–Crippen LogP) is 5.11. The number of hydrogen-bond donors (Lipinski definition) is 4.